The maximum Gasteiger partial charge on any atom is 0.251 e. The second-order valence-electron chi connectivity index (χ2n) is 6.17. The van der Waals surface area contributed by atoms with Crippen molar-refractivity contribution in [3.05, 3.63) is 51.7 Å². The van der Waals surface area contributed by atoms with Gasteiger partial charge in [0.25, 0.3) is 5.56 Å². The summed E-state index contributed by atoms with van der Waals surface area (Å²) >= 11 is 0. The molecule has 0 saturated carbocycles. The van der Waals surface area contributed by atoms with Crippen molar-refractivity contribution in [3.8, 4) is 11.5 Å². The summed E-state index contributed by atoms with van der Waals surface area (Å²) in [6.07, 6.45) is 1.02. The van der Waals surface area contributed by atoms with Gasteiger partial charge in [0.2, 0.25) is 0 Å². The first kappa shape index (κ1) is 16.5. The lowest BCUT2D eigenvalue weighted by Crippen LogP contribution is -2.20. The van der Waals surface area contributed by atoms with Crippen LogP contribution in [0.2, 0.25) is 0 Å². The number of nitrogens with one attached hydrogen (secondary N) is 1. The zero-order valence-corrected chi connectivity index (χ0v) is 14.3. The molecule has 0 aliphatic carbocycles. The molecule has 128 valence electrons. The van der Waals surface area contributed by atoms with E-state index < -0.39 is 0 Å². The molecule has 3 rings (SSSR count). The summed E-state index contributed by atoms with van der Waals surface area (Å²) in [5, 5.41) is 0. The van der Waals surface area contributed by atoms with E-state index in [-0.39, 0.29) is 5.56 Å². The van der Waals surface area contributed by atoms with E-state index in [1.165, 1.54) is 5.56 Å². The lowest BCUT2D eigenvalue weighted by Gasteiger charge is -2.17. The number of hydrogen-bond acceptors (Lipinski definition) is 5. The van der Waals surface area contributed by atoms with E-state index in [4.69, 9.17) is 9.47 Å². The molecule has 1 aliphatic heterocycles. The number of aryl methyl sites for hydroxylation is 1. The second kappa shape index (κ2) is 7.05. The molecule has 0 bridgehead atoms. The van der Waals surface area contributed by atoms with Gasteiger partial charge in [-0.3, -0.25) is 9.69 Å². The topological polar surface area (TPSA) is 67.5 Å². The maximum atomic E-state index is 11.6. The molecular formula is C18H23N3O3. The van der Waals surface area contributed by atoms with Crippen LogP contribution in [0.15, 0.2) is 29.1 Å². The summed E-state index contributed by atoms with van der Waals surface area (Å²) in [6.45, 7) is 4.57. The zero-order valence-electron chi connectivity index (χ0n) is 14.3. The maximum absolute atomic E-state index is 11.6. The van der Waals surface area contributed by atoms with Gasteiger partial charge in [0, 0.05) is 25.1 Å². The summed E-state index contributed by atoms with van der Waals surface area (Å²) in [7, 11) is 3.29. The normalized spacial score (nSPS) is 17.9. The lowest BCUT2D eigenvalue weighted by molar-refractivity contribution is 0.323. The third-order valence-electron chi connectivity index (χ3n) is 4.42. The van der Waals surface area contributed by atoms with Crippen molar-refractivity contribution in [1.82, 2.24) is 14.9 Å². The highest BCUT2D eigenvalue weighted by atomic mass is 16.5. The average Bonchev–Trinajstić information content (AvgIpc) is 3.02. The third kappa shape index (κ3) is 3.59. The van der Waals surface area contributed by atoms with Crippen LogP contribution >= 0.6 is 0 Å². The molecule has 1 aromatic heterocycles. The van der Waals surface area contributed by atoms with Crippen molar-refractivity contribution >= 4 is 0 Å². The number of aromatic amines is 1. The number of likely N-dealkylation sites (tertiary alicyclic amines) is 1. The van der Waals surface area contributed by atoms with E-state index in [9.17, 15) is 4.79 Å². The Morgan fingerprint density at radius 3 is 2.75 bits per heavy atom. The summed E-state index contributed by atoms with van der Waals surface area (Å²) in [5.41, 5.74) is 2.00. The van der Waals surface area contributed by atoms with Crippen LogP contribution in [0.3, 0.4) is 0 Å². The Labute approximate surface area is 141 Å². The monoisotopic (exact) mass is 329 g/mol. The number of H-pyrrole nitrogens is 1. The van der Waals surface area contributed by atoms with Gasteiger partial charge in [-0.25, -0.2) is 4.98 Å². The van der Waals surface area contributed by atoms with Gasteiger partial charge in [0.15, 0.2) is 11.5 Å². The minimum Gasteiger partial charge on any atom is -0.493 e. The Bertz CT molecular complexity index is 772. The number of benzene rings is 1. The van der Waals surface area contributed by atoms with E-state index in [0.717, 1.165) is 43.2 Å². The number of nitrogens with zero attached hydrogens (tertiary/aromatic N) is 2. The summed E-state index contributed by atoms with van der Waals surface area (Å²) in [6, 6.07) is 7.63. The smallest absolute Gasteiger partial charge is 0.251 e. The van der Waals surface area contributed by atoms with Gasteiger partial charge in [-0.05, 0) is 37.6 Å². The van der Waals surface area contributed by atoms with Crippen molar-refractivity contribution in [2.24, 2.45) is 0 Å². The molecule has 1 aliphatic rings. The minimum atomic E-state index is -0.0733. The molecule has 1 N–H and O–H groups in total. The van der Waals surface area contributed by atoms with Gasteiger partial charge in [-0.2, -0.15) is 0 Å². The summed E-state index contributed by atoms with van der Waals surface area (Å²) < 4.78 is 10.6. The van der Waals surface area contributed by atoms with Gasteiger partial charge in [0.05, 0.1) is 19.9 Å². The van der Waals surface area contributed by atoms with Crippen molar-refractivity contribution in [3.63, 3.8) is 0 Å². The molecule has 0 amide bonds. The number of aromatic nitrogens is 2. The number of hydrogen-bond donors (Lipinski definition) is 1. The predicted molar refractivity (Wildman–Crippen MR) is 91.8 cm³/mol. The van der Waals surface area contributed by atoms with Gasteiger partial charge >= 0.3 is 0 Å². The van der Waals surface area contributed by atoms with E-state index in [1.807, 2.05) is 19.1 Å². The van der Waals surface area contributed by atoms with Crippen molar-refractivity contribution in [2.75, 3.05) is 27.3 Å². The summed E-state index contributed by atoms with van der Waals surface area (Å²) in [5.74, 6) is 2.48. The molecule has 2 heterocycles. The molecule has 2 aromatic rings. The highest BCUT2D eigenvalue weighted by Gasteiger charge is 2.25. The fourth-order valence-electron chi connectivity index (χ4n) is 3.27. The van der Waals surface area contributed by atoms with Crippen LogP contribution in [0.4, 0.5) is 0 Å². The van der Waals surface area contributed by atoms with E-state index in [1.54, 1.807) is 20.3 Å². The quantitative estimate of drug-likeness (QED) is 0.910. The van der Waals surface area contributed by atoms with Gasteiger partial charge in [-0.1, -0.05) is 6.07 Å². The molecule has 6 heteroatoms. The van der Waals surface area contributed by atoms with Crippen LogP contribution < -0.4 is 15.0 Å². The number of ether oxygens (including phenoxy) is 2. The first-order chi connectivity index (χ1) is 11.6. The highest BCUT2D eigenvalue weighted by molar-refractivity contribution is 5.42. The van der Waals surface area contributed by atoms with Crippen LogP contribution in [0.1, 0.15) is 29.4 Å². The Morgan fingerprint density at radius 1 is 1.25 bits per heavy atom. The Balaban J connectivity index is 1.69. The number of rotatable bonds is 5. The van der Waals surface area contributed by atoms with E-state index >= 15 is 0 Å². The van der Waals surface area contributed by atoms with Crippen LogP contribution in [-0.4, -0.2) is 42.2 Å². The Kier molecular flexibility index (Phi) is 4.85. The predicted octanol–water partition coefficient (Wildman–Crippen LogP) is 2.09. The molecular weight excluding hydrogens is 306 g/mol. The fraction of sp³-hybridized carbons (Fsp3) is 0.444. The molecule has 24 heavy (non-hydrogen) atoms. The van der Waals surface area contributed by atoms with Crippen LogP contribution in [0, 0.1) is 6.92 Å². The standard InChI is InChI=1S/C18H23N3O3/c1-12-19-15(9-18(22)20-12)14-6-7-21(11-14)10-13-4-5-16(23-2)17(8-13)24-3/h4-5,8-9,14H,6-7,10-11H2,1-3H3,(H,19,20,22)/t14-/m1/s1. The molecule has 1 atom stereocenters. The highest BCUT2D eigenvalue weighted by Crippen LogP contribution is 2.30. The molecule has 6 nitrogen and oxygen atoms in total. The summed E-state index contributed by atoms with van der Waals surface area (Å²) in [4.78, 5) is 21.2. The van der Waals surface area contributed by atoms with Crippen molar-refractivity contribution < 1.29 is 9.47 Å². The number of methoxy groups -OCH3 is 2. The van der Waals surface area contributed by atoms with Crippen molar-refractivity contribution in [1.29, 1.82) is 0 Å². The second-order valence-corrected chi connectivity index (χ2v) is 6.17. The minimum absolute atomic E-state index is 0.0733. The molecule has 0 radical (unpaired) electrons. The largest absolute Gasteiger partial charge is 0.493 e. The third-order valence-corrected chi connectivity index (χ3v) is 4.42. The average molecular weight is 329 g/mol. The Hall–Kier alpha value is -2.34. The van der Waals surface area contributed by atoms with Crippen LogP contribution in [-0.2, 0) is 6.54 Å². The molecule has 1 saturated heterocycles. The van der Waals surface area contributed by atoms with Crippen LogP contribution in [0.25, 0.3) is 0 Å². The first-order valence-corrected chi connectivity index (χ1v) is 8.10. The molecule has 0 spiro atoms. The Morgan fingerprint density at radius 2 is 2.04 bits per heavy atom. The van der Waals surface area contributed by atoms with E-state index in [0.29, 0.717) is 11.7 Å². The van der Waals surface area contributed by atoms with E-state index in [2.05, 4.69) is 20.9 Å². The van der Waals surface area contributed by atoms with Crippen molar-refractivity contribution in [2.45, 2.75) is 25.8 Å². The molecule has 0 unspecified atom stereocenters. The lowest BCUT2D eigenvalue weighted by atomic mass is 10.0. The first-order valence-electron chi connectivity index (χ1n) is 8.10. The van der Waals surface area contributed by atoms with Gasteiger partial charge in [0.1, 0.15) is 5.82 Å². The van der Waals surface area contributed by atoms with Gasteiger partial charge < -0.3 is 14.5 Å². The van der Waals surface area contributed by atoms with Gasteiger partial charge in [-0.15, -0.1) is 0 Å². The zero-order chi connectivity index (χ0) is 17.1. The van der Waals surface area contributed by atoms with Crippen LogP contribution in [0.5, 0.6) is 11.5 Å². The molecule has 1 fully saturated rings. The fourth-order valence-corrected chi connectivity index (χ4v) is 3.27. The molecule has 1 aromatic carbocycles. The SMILES string of the molecule is COc1ccc(CN2CC[C@@H](c3cc(=O)[nH]c(C)n3)C2)cc1OC.